The van der Waals surface area contributed by atoms with Gasteiger partial charge in [0.05, 0.1) is 0 Å². The number of carbonyl (C=O) groups is 2. The van der Waals surface area contributed by atoms with E-state index in [1.807, 2.05) is 0 Å². The van der Waals surface area contributed by atoms with Gasteiger partial charge in [-0.25, -0.2) is 4.79 Å². The summed E-state index contributed by atoms with van der Waals surface area (Å²) in [4.78, 5) is 20.9. The van der Waals surface area contributed by atoms with Gasteiger partial charge in [0.2, 0.25) is 0 Å². The molecule has 0 rings (SSSR count). The van der Waals surface area contributed by atoms with Crippen molar-refractivity contribution in [2.75, 3.05) is 0 Å². The minimum atomic E-state index is -0.964. The van der Waals surface area contributed by atoms with E-state index < -0.39 is 5.97 Å². The third-order valence-corrected chi connectivity index (χ3v) is 1.37. The molecule has 0 bridgehead atoms. The maximum Gasteiger partial charge on any atom is 0.330 e. The van der Waals surface area contributed by atoms with Crippen molar-refractivity contribution in [3.63, 3.8) is 0 Å². The fourth-order valence-corrected chi connectivity index (χ4v) is 0.499. The molecule has 0 aliphatic heterocycles. The molecule has 0 aromatic carbocycles. The van der Waals surface area contributed by atoms with Crippen LogP contribution in [0.2, 0.25) is 0 Å². The molecule has 0 aliphatic rings. The minimum Gasteiger partial charge on any atom is -0.478 e. The standard InChI is InChI=1S/C8H12O3/c1-3-7(9)5-4-6(2)8(10)11/h4H,3,5H2,1-2H3,(H,10,11). The molecule has 1 N–H and O–H groups in total. The van der Waals surface area contributed by atoms with Gasteiger partial charge in [0, 0.05) is 18.4 Å². The van der Waals surface area contributed by atoms with E-state index in [-0.39, 0.29) is 17.8 Å². The second-order valence-electron chi connectivity index (χ2n) is 2.29. The molecular weight excluding hydrogens is 144 g/mol. The summed E-state index contributed by atoms with van der Waals surface area (Å²) >= 11 is 0. The maximum atomic E-state index is 10.7. The van der Waals surface area contributed by atoms with Crippen LogP contribution < -0.4 is 0 Å². The summed E-state index contributed by atoms with van der Waals surface area (Å²) in [5, 5.41) is 8.39. The maximum absolute atomic E-state index is 10.7. The molecule has 0 saturated carbocycles. The number of carboxylic acids is 1. The summed E-state index contributed by atoms with van der Waals surface area (Å²) in [5.74, 6) is -0.903. The number of ketones is 1. The number of aliphatic carboxylic acids is 1. The molecule has 62 valence electrons. The molecule has 0 fully saturated rings. The first kappa shape index (κ1) is 9.88. The number of Topliss-reactive ketones (excluding diaryl/α,β-unsaturated/α-hetero) is 1. The van der Waals surface area contributed by atoms with Gasteiger partial charge >= 0.3 is 5.97 Å². The van der Waals surface area contributed by atoms with E-state index in [9.17, 15) is 9.59 Å². The Morgan fingerprint density at radius 2 is 2.00 bits per heavy atom. The van der Waals surface area contributed by atoms with Gasteiger partial charge in [-0.05, 0) is 6.92 Å². The van der Waals surface area contributed by atoms with Crippen LogP contribution in [0.3, 0.4) is 0 Å². The molecule has 0 saturated heterocycles. The van der Waals surface area contributed by atoms with Gasteiger partial charge in [-0.3, -0.25) is 4.79 Å². The first-order chi connectivity index (χ1) is 5.07. The van der Waals surface area contributed by atoms with E-state index in [0.29, 0.717) is 6.42 Å². The third kappa shape index (κ3) is 4.31. The number of allylic oxidation sites excluding steroid dienone is 1. The van der Waals surface area contributed by atoms with Gasteiger partial charge in [-0.15, -0.1) is 0 Å². The van der Waals surface area contributed by atoms with Crippen molar-refractivity contribution < 1.29 is 14.7 Å². The van der Waals surface area contributed by atoms with Gasteiger partial charge in [0.1, 0.15) is 5.78 Å². The van der Waals surface area contributed by atoms with Crippen LogP contribution in [-0.4, -0.2) is 16.9 Å². The summed E-state index contributed by atoms with van der Waals surface area (Å²) in [7, 11) is 0. The molecule has 0 radical (unpaired) electrons. The largest absolute Gasteiger partial charge is 0.478 e. The number of carbonyl (C=O) groups excluding carboxylic acids is 1. The highest BCUT2D eigenvalue weighted by Crippen LogP contribution is 1.97. The molecule has 3 nitrogen and oxygen atoms in total. The highest BCUT2D eigenvalue weighted by atomic mass is 16.4. The number of hydrogen-bond acceptors (Lipinski definition) is 2. The van der Waals surface area contributed by atoms with Gasteiger partial charge in [-0.1, -0.05) is 13.0 Å². The Morgan fingerprint density at radius 3 is 2.36 bits per heavy atom. The number of carboxylic acid groups (broad SMARTS) is 1. The Kier molecular flexibility index (Phi) is 4.18. The van der Waals surface area contributed by atoms with E-state index in [2.05, 4.69) is 0 Å². The molecule has 3 heteroatoms. The summed E-state index contributed by atoms with van der Waals surface area (Å²) in [6, 6.07) is 0. The van der Waals surface area contributed by atoms with Crippen molar-refractivity contribution in [2.24, 2.45) is 0 Å². The van der Waals surface area contributed by atoms with E-state index in [1.165, 1.54) is 13.0 Å². The Balaban J connectivity index is 3.92. The van der Waals surface area contributed by atoms with Crippen molar-refractivity contribution >= 4 is 11.8 Å². The van der Waals surface area contributed by atoms with Crippen molar-refractivity contribution in [2.45, 2.75) is 26.7 Å². The smallest absolute Gasteiger partial charge is 0.330 e. The lowest BCUT2D eigenvalue weighted by molar-refractivity contribution is -0.132. The van der Waals surface area contributed by atoms with Crippen LogP contribution in [0.15, 0.2) is 11.6 Å². The Hall–Kier alpha value is -1.12. The molecule has 0 aromatic rings. The molecule has 0 heterocycles. The second kappa shape index (κ2) is 4.66. The number of hydrogen-bond donors (Lipinski definition) is 1. The monoisotopic (exact) mass is 156 g/mol. The molecule has 0 spiro atoms. The van der Waals surface area contributed by atoms with E-state index in [0.717, 1.165) is 0 Å². The van der Waals surface area contributed by atoms with Crippen LogP contribution in [0.4, 0.5) is 0 Å². The molecular formula is C8H12O3. The highest BCUT2D eigenvalue weighted by Gasteiger charge is 2.00. The molecule has 0 amide bonds. The summed E-state index contributed by atoms with van der Waals surface area (Å²) < 4.78 is 0. The van der Waals surface area contributed by atoms with Crippen LogP contribution in [-0.2, 0) is 9.59 Å². The summed E-state index contributed by atoms with van der Waals surface area (Å²) in [6.07, 6.45) is 2.13. The van der Waals surface area contributed by atoms with Gasteiger partial charge in [-0.2, -0.15) is 0 Å². The summed E-state index contributed by atoms with van der Waals surface area (Å²) in [5.41, 5.74) is 0.229. The predicted octanol–water partition coefficient (Wildman–Crippen LogP) is 1.39. The Morgan fingerprint density at radius 1 is 1.45 bits per heavy atom. The fraction of sp³-hybridized carbons (Fsp3) is 0.500. The Labute approximate surface area is 65.7 Å². The zero-order valence-electron chi connectivity index (χ0n) is 6.76. The van der Waals surface area contributed by atoms with Crippen LogP contribution in [0, 0.1) is 0 Å². The van der Waals surface area contributed by atoms with Crippen LogP contribution in [0.25, 0.3) is 0 Å². The van der Waals surface area contributed by atoms with Gasteiger partial charge in [0.15, 0.2) is 0 Å². The van der Waals surface area contributed by atoms with Crippen molar-refractivity contribution in [1.82, 2.24) is 0 Å². The number of rotatable bonds is 4. The fourth-order valence-electron chi connectivity index (χ4n) is 0.499. The highest BCUT2D eigenvalue weighted by molar-refractivity contribution is 5.87. The summed E-state index contributed by atoms with van der Waals surface area (Å²) in [6.45, 7) is 3.23. The zero-order valence-corrected chi connectivity index (χ0v) is 6.76. The first-order valence-electron chi connectivity index (χ1n) is 3.49. The average molecular weight is 156 g/mol. The van der Waals surface area contributed by atoms with Crippen LogP contribution in [0.1, 0.15) is 26.7 Å². The van der Waals surface area contributed by atoms with Crippen LogP contribution in [0.5, 0.6) is 0 Å². The zero-order chi connectivity index (χ0) is 8.85. The topological polar surface area (TPSA) is 54.4 Å². The van der Waals surface area contributed by atoms with Gasteiger partial charge < -0.3 is 5.11 Å². The lowest BCUT2D eigenvalue weighted by Gasteiger charge is -1.92. The van der Waals surface area contributed by atoms with Crippen molar-refractivity contribution in [3.05, 3.63) is 11.6 Å². The molecule has 0 unspecified atom stereocenters. The molecule has 0 aromatic heterocycles. The molecule has 11 heavy (non-hydrogen) atoms. The van der Waals surface area contributed by atoms with Crippen molar-refractivity contribution in [3.8, 4) is 0 Å². The lowest BCUT2D eigenvalue weighted by Crippen LogP contribution is -1.98. The normalized spacial score (nSPS) is 11.3. The molecule has 0 atom stereocenters. The predicted molar refractivity (Wildman–Crippen MR) is 41.3 cm³/mol. The first-order valence-corrected chi connectivity index (χ1v) is 3.49. The third-order valence-electron chi connectivity index (χ3n) is 1.37. The van der Waals surface area contributed by atoms with Crippen LogP contribution >= 0.6 is 0 Å². The Bertz CT molecular complexity index is 192. The van der Waals surface area contributed by atoms with E-state index in [4.69, 9.17) is 5.11 Å². The SMILES string of the molecule is CCC(=O)CC=C(C)C(=O)O. The lowest BCUT2D eigenvalue weighted by atomic mass is 10.2. The minimum absolute atomic E-state index is 0.0607. The van der Waals surface area contributed by atoms with E-state index in [1.54, 1.807) is 6.92 Å². The van der Waals surface area contributed by atoms with Crippen molar-refractivity contribution in [1.29, 1.82) is 0 Å². The van der Waals surface area contributed by atoms with E-state index >= 15 is 0 Å². The second-order valence-corrected chi connectivity index (χ2v) is 2.29. The molecule has 0 aliphatic carbocycles. The average Bonchev–Trinajstić information content (AvgIpc) is 1.99. The van der Waals surface area contributed by atoms with Gasteiger partial charge in [0.25, 0.3) is 0 Å². The quantitative estimate of drug-likeness (QED) is 0.626.